The summed E-state index contributed by atoms with van der Waals surface area (Å²) in [6, 6.07) is 18.3. The molecule has 0 N–H and O–H groups in total. The second-order valence-corrected chi connectivity index (χ2v) is 9.05. The van der Waals surface area contributed by atoms with Gasteiger partial charge in [-0.3, -0.25) is 9.69 Å². The maximum atomic E-state index is 13.8. The number of hydrogen-bond acceptors (Lipinski definition) is 6. The van der Waals surface area contributed by atoms with Crippen LogP contribution in [0.2, 0.25) is 0 Å². The summed E-state index contributed by atoms with van der Waals surface area (Å²) >= 11 is 0. The maximum absolute atomic E-state index is 13.8. The lowest BCUT2D eigenvalue weighted by atomic mass is 9.88. The van der Waals surface area contributed by atoms with Crippen molar-refractivity contribution >= 4 is 17.7 Å². The average Bonchev–Trinajstić information content (AvgIpc) is 3.33. The van der Waals surface area contributed by atoms with Crippen molar-refractivity contribution in [2.24, 2.45) is 0 Å². The van der Waals surface area contributed by atoms with Gasteiger partial charge in [-0.2, -0.15) is 0 Å². The summed E-state index contributed by atoms with van der Waals surface area (Å²) < 4.78 is 11.4. The highest BCUT2D eigenvalue weighted by Gasteiger charge is 2.55. The van der Waals surface area contributed by atoms with Crippen LogP contribution in [0, 0.1) is 0 Å². The van der Waals surface area contributed by atoms with Crippen LogP contribution in [-0.2, 0) is 25.5 Å². The SMILES string of the molecule is CCOC(=O)C(Cc1ccccc1)(C(=O)OC(C)(C)CC(=O)c1ccccc1)N1CCCC1. The van der Waals surface area contributed by atoms with Crippen LogP contribution < -0.4 is 0 Å². The Labute approximate surface area is 195 Å². The lowest BCUT2D eigenvalue weighted by molar-refractivity contribution is -0.182. The van der Waals surface area contributed by atoms with Gasteiger partial charge in [-0.25, -0.2) is 9.59 Å². The van der Waals surface area contributed by atoms with E-state index in [2.05, 4.69) is 0 Å². The molecule has 1 fully saturated rings. The Bertz CT molecular complexity index is 951. The van der Waals surface area contributed by atoms with Crippen molar-refractivity contribution < 1.29 is 23.9 Å². The molecule has 1 aliphatic heterocycles. The lowest BCUT2D eigenvalue weighted by Gasteiger charge is -2.39. The van der Waals surface area contributed by atoms with Gasteiger partial charge in [0.1, 0.15) is 5.60 Å². The summed E-state index contributed by atoms with van der Waals surface area (Å²) in [5.41, 5.74) is -1.30. The number of benzene rings is 2. The van der Waals surface area contributed by atoms with E-state index in [-0.39, 0.29) is 25.2 Å². The fourth-order valence-corrected chi connectivity index (χ4v) is 4.32. The molecule has 1 saturated heterocycles. The third-order valence-electron chi connectivity index (χ3n) is 5.95. The molecule has 1 aliphatic rings. The number of likely N-dealkylation sites (tertiary alicyclic amines) is 1. The molecule has 2 aromatic carbocycles. The second-order valence-electron chi connectivity index (χ2n) is 9.05. The Morgan fingerprint density at radius 3 is 2.03 bits per heavy atom. The molecule has 0 radical (unpaired) electrons. The quantitative estimate of drug-likeness (QED) is 0.306. The molecule has 3 rings (SSSR count). The van der Waals surface area contributed by atoms with Crippen molar-refractivity contribution in [1.82, 2.24) is 4.90 Å². The van der Waals surface area contributed by atoms with E-state index in [1.807, 2.05) is 41.3 Å². The minimum Gasteiger partial charge on any atom is -0.464 e. The van der Waals surface area contributed by atoms with Crippen LogP contribution in [0.25, 0.3) is 0 Å². The molecule has 1 atom stereocenters. The minimum absolute atomic E-state index is 0.00694. The van der Waals surface area contributed by atoms with Crippen LogP contribution in [0.5, 0.6) is 0 Å². The van der Waals surface area contributed by atoms with Gasteiger partial charge in [0, 0.05) is 12.0 Å². The molecule has 0 aliphatic carbocycles. The van der Waals surface area contributed by atoms with Gasteiger partial charge >= 0.3 is 11.9 Å². The standard InChI is InChI=1S/C27H33NO5/c1-4-32-24(30)27(28-17-11-12-18-28,19-21-13-7-5-8-14-21)25(31)33-26(2,3)20-23(29)22-15-9-6-10-16-22/h5-10,13-16H,4,11-12,17-20H2,1-3H3. The van der Waals surface area contributed by atoms with E-state index in [9.17, 15) is 14.4 Å². The molecular formula is C27H33NO5. The number of carbonyl (C=O) groups is 3. The van der Waals surface area contributed by atoms with Crippen LogP contribution in [0.1, 0.15) is 56.0 Å². The summed E-state index contributed by atoms with van der Waals surface area (Å²) in [7, 11) is 0. The first-order valence-electron chi connectivity index (χ1n) is 11.6. The van der Waals surface area contributed by atoms with Crippen molar-refractivity contribution in [2.75, 3.05) is 19.7 Å². The first-order valence-corrected chi connectivity index (χ1v) is 11.6. The predicted molar refractivity (Wildman–Crippen MR) is 126 cm³/mol. The Morgan fingerprint density at radius 1 is 0.879 bits per heavy atom. The van der Waals surface area contributed by atoms with Gasteiger partial charge in [0.25, 0.3) is 0 Å². The van der Waals surface area contributed by atoms with Gasteiger partial charge in [0.2, 0.25) is 5.54 Å². The largest absolute Gasteiger partial charge is 0.464 e. The van der Waals surface area contributed by atoms with Crippen molar-refractivity contribution in [3.63, 3.8) is 0 Å². The Kier molecular flexibility index (Phi) is 8.03. The molecule has 0 saturated carbocycles. The summed E-state index contributed by atoms with van der Waals surface area (Å²) in [6.07, 6.45) is 1.93. The number of carbonyl (C=O) groups excluding carboxylic acids is 3. The van der Waals surface area contributed by atoms with Gasteiger partial charge in [-0.1, -0.05) is 60.7 Å². The number of nitrogens with zero attached hydrogens (tertiary/aromatic N) is 1. The van der Waals surface area contributed by atoms with E-state index >= 15 is 0 Å². The molecule has 0 aromatic heterocycles. The van der Waals surface area contributed by atoms with E-state index < -0.39 is 23.1 Å². The van der Waals surface area contributed by atoms with Crippen LogP contribution in [0.3, 0.4) is 0 Å². The summed E-state index contributed by atoms with van der Waals surface area (Å²) in [5.74, 6) is -1.40. The van der Waals surface area contributed by atoms with Gasteiger partial charge < -0.3 is 9.47 Å². The molecule has 176 valence electrons. The van der Waals surface area contributed by atoms with E-state index in [1.165, 1.54) is 0 Å². The normalized spacial score (nSPS) is 16.1. The van der Waals surface area contributed by atoms with Crippen LogP contribution in [-0.4, -0.2) is 53.5 Å². The fraction of sp³-hybridized carbons (Fsp3) is 0.444. The summed E-state index contributed by atoms with van der Waals surface area (Å²) in [6.45, 7) is 6.49. The Hall–Kier alpha value is -2.99. The Morgan fingerprint density at radius 2 is 1.45 bits per heavy atom. The molecular weight excluding hydrogens is 418 g/mol. The minimum atomic E-state index is -1.60. The van der Waals surface area contributed by atoms with Gasteiger partial charge in [-0.05, 0) is 52.3 Å². The highest BCUT2D eigenvalue weighted by Crippen LogP contribution is 2.32. The number of ether oxygens (including phenoxy) is 2. The first-order chi connectivity index (χ1) is 15.8. The summed E-state index contributed by atoms with van der Waals surface area (Å²) in [5, 5.41) is 0. The molecule has 1 unspecified atom stereocenters. The molecule has 1 heterocycles. The molecule has 6 nitrogen and oxygen atoms in total. The monoisotopic (exact) mass is 451 g/mol. The van der Waals surface area contributed by atoms with Crippen molar-refractivity contribution in [2.45, 2.75) is 57.6 Å². The molecule has 0 spiro atoms. The number of rotatable bonds is 10. The van der Waals surface area contributed by atoms with Gasteiger partial charge in [-0.15, -0.1) is 0 Å². The highest BCUT2D eigenvalue weighted by atomic mass is 16.6. The average molecular weight is 452 g/mol. The molecule has 33 heavy (non-hydrogen) atoms. The van der Waals surface area contributed by atoms with Crippen molar-refractivity contribution in [3.05, 3.63) is 71.8 Å². The zero-order valence-corrected chi connectivity index (χ0v) is 19.7. The smallest absolute Gasteiger partial charge is 0.339 e. The van der Waals surface area contributed by atoms with Crippen LogP contribution in [0.15, 0.2) is 60.7 Å². The number of Topliss-reactive ketones (excluding diaryl/α,β-unsaturated/α-hetero) is 1. The topological polar surface area (TPSA) is 72.9 Å². The predicted octanol–water partition coefficient (Wildman–Crippen LogP) is 4.22. The van der Waals surface area contributed by atoms with Crippen molar-refractivity contribution in [3.8, 4) is 0 Å². The summed E-state index contributed by atoms with van der Waals surface area (Å²) in [4.78, 5) is 41.9. The Balaban J connectivity index is 1.91. The highest BCUT2D eigenvalue weighted by molar-refractivity contribution is 6.06. The van der Waals surface area contributed by atoms with Gasteiger partial charge in [0.05, 0.1) is 13.0 Å². The zero-order chi connectivity index (χ0) is 23.9. The van der Waals surface area contributed by atoms with E-state index in [4.69, 9.17) is 9.47 Å². The molecule has 0 bridgehead atoms. The molecule has 0 amide bonds. The fourth-order valence-electron chi connectivity index (χ4n) is 4.32. The number of esters is 2. The molecule has 2 aromatic rings. The third-order valence-corrected chi connectivity index (χ3v) is 5.95. The number of hydrogen-bond donors (Lipinski definition) is 0. The maximum Gasteiger partial charge on any atom is 0.339 e. The van der Waals surface area contributed by atoms with Crippen molar-refractivity contribution in [1.29, 1.82) is 0 Å². The molecule has 6 heteroatoms. The second kappa shape index (κ2) is 10.8. The van der Waals surface area contributed by atoms with E-state index in [0.717, 1.165) is 18.4 Å². The number of ketones is 1. The zero-order valence-electron chi connectivity index (χ0n) is 19.7. The third kappa shape index (κ3) is 5.88. The lowest BCUT2D eigenvalue weighted by Crippen LogP contribution is -2.63. The first kappa shape index (κ1) is 24.6. The van der Waals surface area contributed by atoms with Gasteiger partial charge in [0.15, 0.2) is 5.78 Å². The van der Waals surface area contributed by atoms with E-state index in [0.29, 0.717) is 18.7 Å². The van der Waals surface area contributed by atoms with E-state index in [1.54, 1.807) is 45.0 Å². The van der Waals surface area contributed by atoms with Crippen LogP contribution >= 0.6 is 0 Å². The van der Waals surface area contributed by atoms with Crippen LogP contribution in [0.4, 0.5) is 0 Å².